The molecule has 0 saturated heterocycles. The maximum Gasteiger partial charge on any atom is 0.284 e. The van der Waals surface area contributed by atoms with Crippen LogP contribution in [0.3, 0.4) is 0 Å². The van der Waals surface area contributed by atoms with Crippen molar-refractivity contribution in [1.82, 2.24) is 9.71 Å². The summed E-state index contributed by atoms with van der Waals surface area (Å²) in [7, 11) is -3.69. The highest BCUT2D eigenvalue weighted by molar-refractivity contribution is 7.89. The lowest BCUT2D eigenvalue weighted by molar-refractivity contribution is 0.0976. The Morgan fingerprint density at radius 3 is 2.50 bits per heavy atom. The number of nitriles is 1. The van der Waals surface area contributed by atoms with Crippen LogP contribution >= 0.6 is 11.3 Å². The number of aliphatic hydroxyl groups excluding tert-OH is 1. The lowest BCUT2D eigenvalue weighted by Gasteiger charge is -2.31. The third-order valence-electron chi connectivity index (χ3n) is 5.07. The average molecular weight is 449 g/mol. The number of carbonyl (C=O) groups excluding carboxylic acids is 1. The maximum atomic E-state index is 12.3. The van der Waals surface area contributed by atoms with Gasteiger partial charge in [0.1, 0.15) is 5.69 Å². The molecule has 2 aromatic rings. The molecule has 8 nitrogen and oxygen atoms in total. The smallest absolute Gasteiger partial charge is 0.284 e. The molecule has 1 heterocycles. The van der Waals surface area contributed by atoms with E-state index in [1.54, 1.807) is 19.1 Å². The maximum absolute atomic E-state index is 12.3. The van der Waals surface area contributed by atoms with Crippen molar-refractivity contribution >= 4 is 38.1 Å². The predicted molar refractivity (Wildman–Crippen MR) is 115 cm³/mol. The molecule has 0 atom stereocenters. The van der Waals surface area contributed by atoms with Crippen molar-refractivity contribution in [3.8, 4) is 6.07 Å². The molecule has 1 aliphatic rings. The molecule has 1 saturated carbocycles. The number of hydrogen-bond donors (Lipinski definition) is 2. The van der Waals surface area contributed by atoms with Crippen molar-refractivity contribution in [3.05, 3.63) is 40.4 Å². The minimum atomic E-state index is -3.69. The van der Waals surface area contributed by atoms with Gasteiger partial charge in [-0.3, -0.25) is 4.79 Å². The molecule has 1 aliphatic carbocycles. The van der Waals surface area contributed by atoms with Gasteiger partial charge in [-0.2, -0.15) is 5.26 Å². The summed E-state index contributed by atoms with van der Waals surface area (Å²) in [5.74, 6) is -0.403. The van der Waals surface area contributed by atoms with Gasteiger partial charge in [-0.1, -0.05) is 0 Å². The highest BCUT2D eigenvalue weighted by atomic mass is 32.2. The van der Waals surface area contributed by atoms with Crippen LogP contribution in [0.4, 0.5) is 10.8 Å². The van der Waals surface area contributed by atoms with Gasteiger partial charge in [0.15, 0.2) is 5.13 Å². The molecule has 0 aliphatic heterocycles. The first-order valence-corrected chi connectivity index (χ1v) is 12.3. The van der Waals surface area contributed by atoms with E-state index >= 15 is 0 Å². The Labute approximate surface area is 180 Å². The van der Waals surface area contributed by atoms with Crippen LogP contribution in [0.2, 0.25) is 0 Å². The van der Waals surface area contributed by atoms with E-state index in [0.717, 1.165) is 37.6 Å². The molecule has 1 aromatic carbocycles. The number of nitrogens with zero attached hydrogens (tertiary/aromatic N) is 3. The minimum Gasteiger partial charge on any atom is -0.393 e. The fourth-order valence-corrected chi connectivity index (χ4v) is 4.89. The number of hydrogen-bond acceptors (Lipinski definition) is 8. The first kappa shape index (κ1) is 22.2. The van der Waals surface area contributed by atoms with Crippen LogP contribution in [0.25, 0.3) is 0 Å². The van der Waals surface area contributed by atoms with E-state index in [9.17, 15) is 18.3 Å². The largest absolute Gasteiger partial charge is 0.393 e. The van der Waals surface area contributed by atoms with Crippen LogP contribution in [0, 0.1) is 24.2 Å². The van der Waals surface area contributed by atoms with Crippen molar-refractivity contribution in [2.45, 2.75) is 38.7 Å². The Bertz CT molecular complexity index is 1050. The van der Waals surface area contributed by atoms with Gasteiger partial charge in [-0.15, -0.1) is 11.3 Å². The number of sulfonamides is 1. The summed E-state index contributed by atoms with van der Waals surface area (Å²) in [4.78, 5) is 19.4. The van der Waals surface area contributed by atoms with E-state index in [1.807, 2.05) is 21.8 Å². The van der Waals surface area contributed by atoms with E-state index in [1.165, 1.54) is 11.3 Å². The summed E-state index contributed by atoms with van der Waals surface area (Å²) in [6.07, 6.45) is 3.96. The topological polar surface area (TPSA) is 123 Å². The molecule has 0 unspecified atom stereocenters. The first-order chi connectivity index (χ1) is 14.2. The van der Waals surface area contributed by atoms with Crippen molar-refractivity contribution < 1.29 is 18.3 Å². The quantitative estimate of drug-likeness (QED) is 0.696. The summed E-state index contributed by atoms with van der Waals surface area (Å²) in [6, 6.07) is 9.23. The van der Waals surface area contributed by atoms with E-state index < -0.39 is 15.9 Å². The summed E-state index contributed by atoms with van der Waals surface area (Å²) >= 11 is 1.32. The molecule has 1 aromatic heterocycles. The normalized spacial score (nSPS) is 19.1. The Hall–Kier alpha value is -2.48. The Balaban J connectivity index is 1.92. The first-order valence-electron chi connectivity index (χ1n) is 9.61. The van der Waals surface area contributed by atoms with Gasteiger partial charge >= 0.3 is 0 Å². The summed E-state index contributed by atoms with van der Waals surface area (Å²) in [5.41, 5.74) is 1.46. The second-order valence-corrected chi connectivity index (χ2v) is 10.5. The third kappa shape index (κ3) is 5.56. The highest BCUT2D eigenvalue weighted by Gasteiger charge is 2.26. The van der Waals surface area contributed by atoms with Crippen molar-refractivity contribution in [2.24, 2.45) is 5.92 Å². The second-order valence-electron chi connectivity index (χ2n) is 7.55. The van der Waals surface area contributed by atoms with Crippen LogP contribution in [0.5, 0.6) is 0 Å². The number of aromatic nitrogens is 1. The summed E-state index contributed by atoms with van der Waals surface area (Å²) < 4.78 is 24.8. The number of rotatable bonds is 6. The number of benzene rings is 1. The summed E-state index contributed by atoms with van der Waals surface area (Å²) in [5, 5.41) is 19.5. The van der Waals surface area contributed by atoms with E-state index in [0.29, 0.717) is 28.0 Å². The standard InChI is InChI=1S/C20H24N4O4S2/c1-13-18(19(26)23-30(2,27)28)22-20(29-13)24(12-15-5-9-17(25)10-6-15)16-7-3-14(11-21)4-8-16/h3-4,7-8,15,17,25H,5-6,9-10,12H2,1-2H3,(H,23,26)/t15-,17+. The van der Waals surface area contributed by atoms with Crippen molar-refractivity contribution in [3.63, 3.8) is 0 Å². The zero-order chi connectivity index (χ0) is 21.9. The molecular formula is C20H24N4O4S2. The van der Waals surface area contributed by atoms with Crippen LogP contribution in [0.1, 0.15) is 46.6 Å². The Morgan fingerprint density at radius 1 is 1.30 bits per heavy atom. The minimum absolute atomic E-state index is 0.0816. The number of carbonyl (C=O) groups is 1. The molecule has 10 heteroatoms. The highest BCUT2D eigenvalue weighted by Crippen LogP contribution is 2.35. The van der Waals surface area contributed by atoms with Crippen LogP contribution in [-0.2, 0) is 10.0 Å². The van der Waals surface area contributed by atoms with Crippen LogP contribution in [0.15, 0.2) is 24.3 Å². The molecule has 160 valence electrons. The monoisotopic (exact) mass is 448 g/mol. The number of aryl methyl sites for hydroxylation is 1. The zero-order valence-corrected chi connectivity index (χ0v) is 18.5. The van der Waals surface area contributed by atoms with Gasteiger partial charge in [0, 0.05) is 17.1 Å². The number of thiazole rings is 1. The summed E-state index contributed by atoms with van der Waals surface area (Å²) in [6.45, 7) is 2.38. The van der Waals surface area contributed by atoms with Gasteiger partial charge in [0.05, 0.1) is 24.0 Å². The lowest BCUT2D eigenvalue weighted by Crippen LogP contribution is -2.31. The van der Waals surface area contributed by atoms with E-state index in [2.05, 4.69) is 11.1 Å². The predicted octanol–water partition coefficient (Wildman–Crippen LogP) is 2.70. The molecule has 1 fully saturated rings. The molecule has 2 N–H and O–H groups in total. The van der Waals surface area contributed by atoms with Gasteiger partial charge in [-0.05, 0) is 62.8 Å². The van der Waals surface area contributed by atoms with Gasteiger partial charge < -0.3 is 10.0 Å². The number of nitrogens with one attached hydrogen (secondary N) is 1. The molecule has 0 spiro atoms. The van der Waals surface area contributed by atoms with Gasteiger partial charge in [0.2, 0.25) is 10.0 Å². The van der Waals surface area contributed by atoms with E-state index in [-0.39, 0.29) is 11.8 Å². The fourth-order valence-electron chi connectivity index (χ4n) is 3.52. The van der Waals surface area contributed by atoms with Gasteiger partial charge in [0.25, 0.3) is 5.91 Å². The number of anilines is 2. The molecule has 0 bridgehead atoms. The van der Waals surface area contributed by atoms with Crippen molar-refractivity contribution in [1.29, 1.82) is 5.26 Å². The third-order valence-corrected chi connectivity index (χ3v) is 6.62. The molecule has 1 amide bonds. The molecule has 30 heavy (non-hydrogen) atoms. The fraction of sp³-hybridized carbons (Fsp3) is 0.450. The Morgan fingerprint density at radius 2 is 1.93 bits per heavy atom. The van der Waals surface area contributed by atoms with Crippen molar-refractivity contribution in [2.75, 3.05) is 17.7 Å². The van der Waals surface area contributed by atoms with E-state index in [4.69, 9.17) is 5.26 Å². The molecule has 3 rings (SSSR count). The number of amides is 1. The average Bonchev–Trinajstić information content (AvgIpc) is 3.08. The second kappa shape index (κ2) is 9.12. The van der Waals surface area contributed by atoms with Gasteiger partial charge in [-0.25, -0.2) is 18.1 Å². The van der Waals surface area contributed by atoms with Crippen LogP contribution in [-0.4, -0.2) is 43.3 Å². The zero-order valence-electron chi connectivity index (χ0n) is 16.8. The number of aliphatic hydroxyl groups is 1. The van der Waals surface area contributed by atoms with Crippen LogP contribution < -0.4 is 9.62 Å². The Kier molecular flexibility index (Phi) is 6.75. The molecule has 0 radical (unpaired) electrons. The lowest BCUT2D eigenvalue weighted by atomic mass is 9.87. The SMILES string of the molecule is Cc1sc(N(C[C@H]2CC[C@@H](O)CC2)c2ccc(C#N)cc2)nc1C(=O)NS(C)(=O)=O. The molecular weight excluding hydrogens is 424 g/mol.